The van der Waals surface area contributed by atoms with Crippen molar-refractivity contribution in [3.63, 3.8) is 0 Å². The Kier molecular flexibility index (Phi) is 5.77. The van der Waals surface area contributed by atoms with Crippen molar-refractivity contribution in [1.29, 1.82) is 0 Å². The summed E-state index contributed by atoms with van der Waals surface area (Å²) < 4.78 is 5.67. The molecule has 0 radical (unpaired) electrons. The van der Waals surface area contributed by atoms with Crippen molar-refractivity contribution in [2.24, 2.45) is 0 Å². The van der Waals surface area contributed by atoms with Gasteiger partial charge in [0.15, 0.2) is 10.9 Å². The van der Waals surface area contributed by atoms with E-state index < -0.39 is 0 Å². The molecule has 0 aliphatic rings. The lowest BCUT2D eigenvalue weighted by atomic mass is 10.1. The Bertz CT molecular complexity index is 835. The molecule has 2 N–H and O–H groups in total. The van der Waals surface area contributed by atoms with Crippen LogP contribution in [0.5, 0.6) is 0 Å². The third-order valence-corrected chi connectivity index (χ3v) is 5.06. The van der Waals surface area contributed by atoms with Crippen molar-refractivity contribution in [2.45, 2.75) is 37.6 Å². The molecule has 0 aliphatic carbocycles. The summed E-state index contributed by atoms with van der Waals surface area (Å²) in [5.41, 5.74) is 3.35. The van der Waals surface area contributed by atoms with E-state index in [0.29, 0.717) is 18.1 Å². The fourth-order valence-electron chi connectivity index (χ4n) is 2.70. The Morgan fingerprint density at radius 3 is 2.85 bits per heavy atom. The molecule has 1 amide bonds. The normalized spacial score (nSPS) is 11.0. The van der Waals surface area contributed by atoms with Crippen LogP contribution in [0.2, 0.25) is 0 Å². The summed E-state index contributed by atoms with van der Waals surface area (Å²) in [7, 11) is 1.79. The third kappa shape index (κ3) is 4.34. The molecule has 0 aromatic carbocycles. The first-order chi connectivity index (χ1) is 12.5. The zero-order valence-electron chi connectivity index (χ0n) is 15.1. The van der Waals surface area contributed by atoms with Crippen LogP contribution in [0.15, 0.2) is 28.0 Å². The molecule has 0 spiro atoms. The first kappa shape index (κ1) is 18.2. The van der Waals surface area contributed by atoms with Crippen LogP contribution in [0.1, 0.15) is 39.7 Å². The van der Waals surface area contributed by atoms with Crippen LogP contribution in [-0.4, -0.2) is 49.8 Å². The number of hydrogen-bond donors (Lipinski definition) is 2. The molecule has 0 saturated heterocycles. The van der Waals surface area contributed by atoms with Crippen LogP contribution < -0.4 is 0 Å². The number of carbonyl (C=O) groups is 1. The number of carbonyl (C=O) groups excluding carboxylic acids is 1. The second kappa shape index (κ2) is 8.22. The lowest BCUT2D eigenvalue weighted by Crippen LogP contribution is -2.27. The molecule has 0 unspecified atom stereocenters. The zero-order chi connectivity index (χ0) is 18.5. The van der Waals surface area contributed by atoms with Gasteiger partial charge < -0.3 is 9.32 Å². The second-order valence-corrected chi connectivity index (χ2v) is 7.05. The van der Waals surface area contributed by atoms with Crippen LogP contribution in [0.25, 0.3) is 0 Å². The molecule has 0 fully saturated rings. The Morgan fingerprint density at radius 2 is 2.15 bits per heavy atom. The van der Waals surface area contributed by atoms with E-state index in [1.807, 2.05) is 19.9 Å². The van der Waals surface area contributed by atoms with E-state index in [2.05, 4.69) is 25.4 Å². The number of aryl methyl sites for hydroxylation is 2. The van der Waals surface area contributed by atoms with E-state index in [1.54, 1.807) is 18.0 Å². The molecule has 26 heavy (non-hydrogen) atoms. The zero-order valence-corrected chi connectivity index (χ0v) is 15.9. The first-order valence-electron chi connectivity index (χ1n) is 8.37. The number of aromatic amines is 2. The maximum atomic E-state index is 12.5. The molecular weight excluding hydrogens is 352 g/mol. The minimum Gasteiger partial charge on any atom is -0.455 e. The van der Waals surface area contributed by atoms with E-state index in [1.165, 1.54) is 23.7 Å². The van der Waals surface area contributed by atoms with Crippen LogP contribution in [0.4, 0.5) is 0 Å². The lowest BCUT2D eigenvalue weighted by molar-refractivity contribution is 0.0760. The minimum atomic E-state index is -0.110. The van der Waals surface area contributed by atoms with E-state index in [0.717, 1.165) is 35.1 Å². The van der Waals surface area contributed by atoms with Gasteiger partial charge in [0, 0.05) is 19.3 Å². The van der Waals surface area contributed by atoms with Crippen molar-refractivity contribution >= 4 is 17.7 Å². The van der Waals surface area contributed by atoms with Crippen LogP contribution in [0, 0.1) is 13.8 Å². The molecule has 8 nitrogen and oxygen atoms in total. The van der Waals surface area contributed by atoms with Gasteiger partial charge in [-0.3, -0.25) is 15.0 Å². The molecule has 0 saturated carbocycles. The number of rotatable bonds is 8. The van der Waals surface area contributed by atoms with Gasteiger partial charge >= 0.3 is 0 Å². The smallest absolute Gasteiger partial charge is 0.289 e. The van der Waals surface area contributed by atoms with Crippen LogP contribution in [-0.2, 0) is 12.2 Å². The van der Waals surface area contributed by atoms with Gasteiger partial charge in [-0.15, -0.1) is 0 Å². The van der Waals surface area contributed by atoms with Crippen molar-refractivity contribution in [3.8, 4) is 0 Å². The van der Waals surface area contributed by atoms with Gasteiger partial charge in [0.2, 0.25) is 0 Å². The number of hydrogen-bond acceptors (Lipinski definition) is 6. The van der Waals surface area contributed by atoms with E-state index in [9.17, 15) is 4.79 Å². The van der Waals surface area contributed by atoms with Gasteiger partial charge in [0.1, 0.15) is 12.1 Å². The molecule has 3 heterocycles. The summed E-state index contributed by atoms with van der Waals surface area (Å²) in [6.07, 6.45) is 3.22. The van der Waals surface area contributed by atoms with E-state index >= 15 is 0 Å². The predicted molar refractivity (Wildman–Crippen MR) is 98.0 cm³/mol. The fourth-order valence-corrected chi connectivity index (χ4v) is 3.37. The van der Waals surface area contributed by atoms with Crippen molar-refractivity contribution in [2.75, 3.05) is 13.6 Å². The molecule has 0 bridgehead atoms. The number of thioether (sulfide) groups is 1. The van der Waals surface area contributed by atoms with Crippen LogP contribution in [0.3, 0.4) is 0 Å². The molecule has 138 valence electrons. The average Bonchev–Trinajstić information content (AvgIpc) is 3.36. The standard InChI is InChI=1S/C17H22N6O2S/c1-11-14(12(2)21-20-11)5-4-8-23(3)16(24)15-7-6-13(25-15)9-26-17-18-10-19-22-17/h6-7,10H,4-5,8-9H2,1-3H3,(H,20,21)(H,18,19,22). The predicted octanol–water partition coefficient (Wildman–Crippen LogP) is 2.73. The van der Waals surface area contributed by atoms with Gasteiger partial charge in [0.25, 0.3) is 5.91 Å². The summed E-state index contributed by atoms with van der Waals surface area (Å²) in [5.74, 6) is 1.57. The lowest BCUT2D eigenvalue weighted by Gasteiger charge is -2.15. The number of furan rings is 1. The third-order valence-electron chi connectivity index (χ3n) is 4.16. The van der Waals surface area contributed by atoms with Gasteiger partial charge in [-0.05, 0) is 44.4 Å². The number of aromatic nitrogens is 5. The quantitative estimate of drug-likeness (QED) is 0.588. The average molecular weight is 374 g/mol. The number of nitrogens with one attached hydrogen (secondary N) is 2. The molecule has 0 atom stereocenters. The maximum absolute atomic E-state index is 12.5. The molecular formula is C17H22N6O2S. The Hall–Kier alpha value is -2.55. The number of nitrogens with zero attached hydrogens (tertiary/aromatic N) is 4. The summed E-state index contributed by atoms with van der Waals surface area (Å²) >= 11 is 1.47. The fraction of sp³-hybridized carbons (Fsp3) is 0.412. The minimum absolute atomic E-state index is 0.110. The highest BCUT2D eigenvalue weighted by Gasteiger charge is 2.16. The monoisotopic (exact) mass is 374 g/mol. The molecule has 3 aromatic heterocycles. The van der Waals surface area contributed by atoms with Crippen molar-refractivity contribution < 1.29 is 9.21 Å². The summed E-state index contributed by atoms with van der Waals surface area (Å²) in [6.45, 7) is 4.67. The van der Waals surface area contributed by atoms with Gasteiger partial charge in [-0.2, -0.15) is 10.2 Å². The first-order valence-corrected chi connectivity index (χ1v) is 9.36. The number of amides is 1. The largest absolute Gasteiger partial charge is 0.455 e. The number of H-pyrrole nitrogens is 2. The Balaban J connectivity index is 1.48. The highest BCUT2D eigenvalue weighted by Crippen LogP contribution is 2.20. The van der Waals surface area contributed by atoms with Gasteiger partial charge in [-0.25, -0.2) is 4.98 Å². The second-order valence-electron chi connectivity index (χ2n) is 6.09. The molecule has 3 aromatic rings. The highest BCUT2D eigenvalue weighted by atomic mass is 32.2. The highest BCUT2D eigenvalue weighted by molar-refractivity contribution is 7.98. The van der Waals surface area contributed by atoms with Crippen LogP contribution >= 0.6 is 11.8 Å². The Labute approximate surface area is 155 Å². The van der Waals surface area contributed by atoms with Gasteiger partial charge in [-0.1, -0.05) is 11.8 Å². The van der Waals surface area contributed by atoms with E-state index in [4.69, 9.17) is 4.42 Å². The SMILES string of the molecule is Cc1n[nH]c(C)c1CCCN(C)C(=O)c1ccc(CSc2ncn[nH]2)o1. The summed E-state index contributed by atoms with van der Waals surface area (Å²) in [4.78, 5) is 18.2. The summed E-state index contributed by atoms with van der Waals surface area (Å²) in [5, 5.41) is 14.5. The van der Waals surface area contributed by atoms with Crippen molar-refractivity contribution in [1.82, 2.24) is 30.3 Å². The van der Waals surface area contributed by atoms with Gasteiger partial charge in [0.05, 0.1) is 11.4 Å². The van der Waals surface area contributed by atoms with E-state index in [-0.39, 0.29) is 5.91 Å². The molecule has 0 aliphatic heterocycles. The van der Waals surface area contributed by atoms with Crippen molar-refractivity contribution in [3.05, 3.63) is 46.9 Å². The molecule has 9 heteroatoms. The topological polar surface area (TPSA) is 104 Å². The summed E-state index contributed by atoms with van der Waals surface area (Å²) in [6, 6.07) is 3.54. The molecule has 3 rings (SSSR count). The maximum Gasteiger partial charge on any atom is 0.289 e. The Morgan fingerprint density at radius 1 is 1.31 bits per heavy atom.